The summed E-state index contributed by atoms with van der Waals surface area (Å²) in [5.74, 6) is 1.42. The zero-order valence-corrected chi connectivity index (χ0v) is 18.9. The van der Waals surface area contributed by atoms with Crippen LogP contribution in [0.2, 0.25) is 0 Å². The van der Waals surface area contributed by atoms with Crippen LogP contribution in [0.15, 0.2) is 23.4 Å². The van der Waals surface area contributed by atoms with Crippen LogP contribution in [0, 0.1) is 28.1 Å². The average Bonchev–Trinajstić information content (AvgIpc) is 2.58. The fourth-order valence-corrected chi connectivity index (χ4v) is 8.46. The Kier molecular flexibility index (Phi) is 4.92. The zero-order chi connectivity index (χ0) is 20.4. The molecule has 5 unspecified atom stereocenters. The van der Waals surface area contributed by atoms with Crippen LogP contribution >= 0.6 is 0 Å². The second kappa shape index (κ2) is 6.68. The Morgan fingerprint density at radius 2 is 1.86 bits per heavy atom. The molecule has 0 aromatic heterocycles. The van der Waals surface area contributed by atoms with Crippen molar-refractivity contribution in [1.29, 1.82) is 0 Å². The topological polar surface area (TPSA) is 58.8 Å². The van der Waals surface area contributed by atoms with Gasteiger partial charge >= 0.3 is 0 Å². The Morgan fingerprint density at radius 1 is 1.11 bits per heavy atom. The number of quaternary nitrogens is 1. The van der Waals surface area contributed by atoms with Gasteiger partial charge in [0.1, 0.15) is 12.3 Å². The van der Waals surface area contributed by atoms with E-state index in [1.807, 2.05) is 0 Å². The van der Waals surface area contributed by atoms with Crippen LogP contribution < -0.4 is 4.90 Å². The molecule has 5 heteroatoms. The first-order valence-electron chi connectivity index (χ1n) is 11.2. The molecule has 4 aliphatic rings. The molecule has 5 atom stereocenters. The molecule has 0 bridgehead atoms. The Bertz CT molecular complexity index is 812. The van der Waals surface area contributed by atoms with Gasteiger partial charge in [0, 0.05) is 0 Å². The van der Waals surface area contributed by atoms with E-state index in [4.69, 9.17) is 4.55 Å². The molecule has 1 aliphatic heterocycles. The minimum atomic E-state index is -3.89. The van der Waals surface area contributed by atoms with Crippen LogP contribution in [-0.4, -0.2) is 31.8 Å². The molecule has 0 spiro atoms. The van der Waals surface area contributed by atoms with Gasteiger partial charge < -0.3 is 4.90 Å². The van der Waals surface area contributed by atoms with Gasteiger partial charge in [-0.15, -0.1) is 0 Å². The van der Waals surface area contributed by atoms with Gasteiger partial charge in [0.05, 0.1) is 12.7 Å². The van der Waals surface area contributed by atoms with E-state index in [1.165, 1.54) is 44.1 Å². The van der Waals surface area contributed by atoms with Crippen LogP contribution in [0.5, 0.6) is 0 Å². The van der Waals surface area contributed by atoms with Crippen molar-refractivity contribution in [2.24, 2.45) is 28.1 Å². The third-order valence-corrected chi connectivity index (χ3v) is 9.85. The Labute approximate surface area is 171 Å². The lowest BCUT2D eigenvalue weighted by molar-refractivity contribution is -0.840. The van der Waals surface area contributed by atoms with Crippen molar-refractivity contribution < 1.29 is 17.9 Å². The van der Waals surface area contributed by atoms with Crippen LogP contribution in [0.25, 0.3) is 0 Å². The molecule has 0 saturated heterocycles. The quantitative estimate of drug-likeness (QED) is 0.701. The van der Waals surface area contributed by atoms with Gasteiger partial charge in [-0.05, 0) is 83.8 Å². The maximum Gasteiger partial charge on any atom is 0.270 e. The summed E-state index contributed by atoms with van der Waals surface area (Å²) in [5.41, 5.74) is 4.25. The molecule has 2 fully saturated rings. The number of fused-ring (bicyclic) bond motifs is 4. The highest BCUT2D eigenvalue weighted by molar-refractivity contribution is 7.85. The van der Waals surface area contributed by atoms with E-state index >= 15 is 0 Å². The van der Waals surface area contributed by atoms with Crippen molar-refractivity contribution >= 4 is 10.1 Å². The van der Waals surface area contributed by atoms with Gasteiger partial charge in [0.15, 0.2) is 0 Å². The minimum absolute atomic E-state index is 0.163. The van der Waals surface area contributed by atoms with E-state index in [1.54, 1.807) is 5.57 Å². The monoisotopic (exact) mass is 408 g/mol. The van der Waals surface area contributed by atoms with Crippen LogP contribution in [0.4, 0.5) is 0 Å². The van der Waals surface area contributed by atoms with E-state index in [0.29, 0.717) is 17.4 Å². The average molecular weight is 409 g/mol. The molecular formula is C23H38NO3S+. The van der Waals surface area contributed by atoms with Gasteiger partial charge in [0.2, 0.25) is 0 Å². The summed E-state index contributed by atoms with van der Waals surface area (Å²) < 4.78 is 31.3. The van der Waals surface area contributed by atoms with Crippen molar-refractivity contribution in [1.82, 2.24) is 0 Å². The lowest BCUT2D eigenvalue weighted by atomic mass is 9.40. The summed E-state index contributed by atoms with van der Waals surface area (Å²) in [6.07, 6.45) is 13.6. The molecule has 158 valence electrons. The molecule has 4 rings (SSSR count). The number of allylic oxidation sites excluding steroid dienone is 2. The third kappa shape index (κ3) is 3.31. The van der Waals surface area contributed by atoms with Gasteiger partial charge in [0.25, 0.3) is 10.1 Å². The van der Waals surface area contributed by atoms with E-state index in [-0.39, 0.29) is 11.2 Å². The Morgan fingerprint density at radius 3 is 2.57 bits per heavy atom. The molecule has 0 radical (unpaired) electrons. The largest absolute Gasteiger partial charge is 0.304 e. The maximum atomic E-state index is 11.1. The maximum absolute atomic E-state index is 11.1. The van der Waals surface area contributed by atoms with Crippen molar-refractivity contribution in [2.75, 3.05) is 18.8 Å². The van der Waals surface area contributed by atoms with E-state index < -0.39 is 10.1 Å². The second-order valence-electron chi connectivity index (χ2n) is 11.2. The van der Waals surface area contributed by atoms with Gasteiger partial charge in [-0.1, -0.05) is 34.1 Å². The van der Waals surface area contributed by atoms with Crippen LogP contribution in [-0.2, 0) is 10.1 Å². The smallest absolute Gasteiger partial charge is 0.270 e. The number of hydrogen-bond donors (Lipinski definition) is 2. The highest BCUT2D eigenvalue weighted by Crippen LogP contribution is 2.68. The fraction of sp³-hybridized carbons (Fsp3) is 0.826. The Hall–Kier alpha value is -0.650. The molecule has 1 heterocycles. The Balaban J connectivity index is 1.59. The first-order valence-corrected chi connectivity index (χ1v) is 12.8. The normalized spacial score (nSPS) is 42.5. The summed E-state index contributed by atoms with van der Waals surface area (Å²) in [5, 5.41) is 0. The molecule has 0 aromatic rings. The van der Waals surface area contributed by atoms with E-state index in [9.17, 15) is 8.42 Å². The SMILES string of the molecule is CC1(C)CCCC2(C)C1CCC1(C)C3=C(CCC12)C[NH+](CCS(=O)(=O)O)C=C3. The molecular weight excluding hydrogens is 370 g/mol. The van der Waals surface area contributed by atoms with Crippen molar-refractivity contribution in [3.8, 4) is 0 Å². The standard InChI is InChI=1S/C23H37NO3S/c1-21(2)10-5-11-23(4)19(21)8-12-22(3)18-9-13-24(14-15-28(25,26)27)16-17(18)6-7-20(22)23/h9,13,19-20H,5-8,10-12,14-16H2,1-4H3,(H,25,26,27)/p+1. The van der Waals surface area contributed by atoms with Gasteiger partial charge in [-0.3, -0.25) is 4.55 Å². The molecule has 4 nitrogen and oxygen atoms in total. The summed E-state index contributed by atoms with van der Waals surface area (Å²) in [6, 6.07) is 0. The lowest BCUT2D eigenvalue weighted by Gasteiger charge is -2.64. The van der Waals surface area contributed by atoms with E-state index in [2.05, 4.69) is 40.0 Å². The first kappa shape index (κ1) is 20.6. The fourth-order valence-electron chi connectivity index (χ4n) is 7.94. The predicted molar refractivity (Wildman–Crippen MR) is 113 cm³/mol. The molecule has 0 aromatic carbocycles. The lowest BCUT2D eigenvalue weighted by Crippen LogP contribution is -3.08. The van der Waals surface area contributed by atoms with Crippen LogP contribution in [0.1, 0.15) is 72.6 Å². The number of nitrogens with one attached hydrogen (secondary N) is 1. The van der Waals surface area contributed by atoms with Crippen LogP contribution in [0.3, 0.4) is 0 Å². The van der Waals surface area contributed by atoms with E-state index in [0.717, 1.165) is 29.7 Å². The van der Waals surface area contributed by atoms with Crippen molar-refractivity contribution in [2.45, 2.75) is 72.6 Å². The summed E-state index contributed by atoms with van der Waals surface area (Å²) in [6.45, 7) is 11.5. The van der Waals surface area contributed by atoms with Crippen molar-refractivity contribution in [3.05, 3.63) is 23.4 Å². The molecule has 2 saturated carbocycles. The summed E-state index contributed by atoms with van der Waals surface area (Å²) in [4.78, 5) is 1.15. The highest BCUT2D eigenvalue weighted by atomic mass is 32.2. The molecule has 3 aliphatic carbocycles. The van der Waals surface area contributed by atoms with Gasteiger partial charge in [-0.25, -0.2) is 0 Å². The zero-order valence-electron chi connectivity index (χ0n) is 18.1. The number of rotatable bonds is 3. The third-order valence-electron chi connectivity index (χ3n) is 9.13. The van der Waals surface area contributed by atoms with Crippen molar-refractivity contribution in [3.63, 3.8) is 0 Å². The summed E-state index contributed by atoms with van der Waals surface area (Å²) >= 11 is 0. The minimum Gasteiger partial charge on any atom is -0.304 e. The first-order chi connectivity index (χ1) is 13.0. The predicted octanol–water partition coefficient (Wildman–Crippen LogP) is 3.63. The summed E-state index contributed by atoms with van der Waals surface area (Å²) in [7, 11) is -3.89. The highest BCUT2D eigenvalue weighted by Gasteiger charge is 2.60. The molecule has 2 N–H and O–H groups in total. The van der Waals surface area contributed by atoms with Gasteiger partial charge in [-0.2, -0.15) is 8.42 Å². The molecule has 28 heavy (non-hydrogen) atoms. The molecule has 0 amide bonds. The number of hydrogen-bond acceptors (Lipinski definition) is 2. The second-order valence-corrected chi connectivity index (χ2v) is 12.7.